The highest BCUT2D eigenvalue weighted by Crippen LogP contribution is 2.33. The van der Waals surface area contributed by atoms with Gasteiger partial charge in [-0.15, -0.1) is 0 Å². The zero-order valence-corrected chi connectivity index (χ0v) is 19.2. The average Bonchev–Trinajstić information content (AvgIpc) is 2.79. The number of rotatable bonds is 5. The zero-order chi connectivity index (χ0) is 22.7. The molecule has 2 aromatic carbocycles. The van der Waals surface area contributed by atoms with Crippen molar-refractivity contribution in [1.82, 2.24) is 9.80 Å². The number of nitrogens with zero attached hydrogens (tertiary/aromatic N) is 3. The van der Waals surface area contributed by atoms with E-state index in [9.17, 15) is 9.59 Å². The van der Waals surface area contributed by atoms with Crippen LogP contribution >= 0.6 is 0 Å². The molecule has 2 amide bonds. The number of carbonyl (C=O) groups excluding carboxylic acids is 2. The maximum absolute atomic E-state index is 12.9. The standard InChI is InChI=1S/C26H32N4O2/c1-4-28-13-15-29(16-14-28)24-10-9-22(17-19(24)2)27-26(32)18-25-23-8-6-5-7-21(23)11-12-30(25)20(3)31/h5-12,17,25H,4,13-16,18H2,1-3H3,(H,27,32)/t25-/m1/s1. The summed E-state index contributed by atoms with van der Waals surface area (Å²) in [4.78, 5) is 31.6. The number of hydrogen-bond acceptors (Lipinski definition) is 4. The van der Waals surface area contributed by atoms with Gasteiger partial charge < -0.3 is 20.0 Å². The van der Waals surface area contributed by atoms with Gasteiger partial charge in [-0.2, -0.15) is 0 Å². The van der Waals surface area contributed by atoms with Crippen LogP contribution in [0, 0.1) is 6.92 Å². The molecule has 2 aromatic rings. The minimum Gasteiger partial charge on any atom is -0.369 e. The quantitative estimate of drug-likeness (QED) is 0.775. The predicted molar refractivity (Wildman–Crippen MR) is 129 cm³/mol. The van der Waals surface area contributed by atoms with Gasteiger partial charge in [-0.1, -0.05) is 31.2 Å². The summed E-state index contributed by atoms with van der Waals surface area (Å²) in [6, 6.07) is 13.7. The van der Waals surface area contributed by atoms with Crippen LogP contribution in [0.4, 0.5) is 11.4 Å². The van der Waals surface area contributed by atoms with Gasteiger partial charge in [0.1, 0.15) is 0 Å². The van der Waals surface area contributed by atoms with Crippen molar-refractivity contribution in [2.75, 3.05) is 42.9 Å². The van der Waals surface area contributed by atoms with Crippen LogP contribution in [-0.4, -0.2) is 54.3 Å². The van der Waals surface area contributed by atoms with Crippen molar-refractivity contribution in [3.63, 3.8) is 0 Å². The molecule has 0 unspecified atom stereocenters. The lowest BCUT2D eigenvalue weighted by Crippen LogP contribution is -2.46. The molecule has 0 saturated carbocycles. The number of likely N-dealkylation sites (N-methyl/N-ethyl adjacent to an activating group) is 1. The van der Waals surface area contributed by atoms with Gasteiger partial charge in [0.25, 0.3) is 0 Å². The first kappa shape index (κ1) is 22.1. The zero-order valence-electron chi connectivity index (χ0n) is 19.2. The molecule has 168 valence electrons. The Kier molecular flexibility index (Phi) is 6.61. The van der Waals surface area contributed by atoms with Crippen molar-refractivity contribution in [2.45, 2.75) is 33.2 Å². The van der Waals surface area contributed by atoms with E-state index in [1.807, 2.05) is 42.5 Å². The first-order valence-electron chi connectivity index (χ1n) is 11.4. The smallest absolute Gasteiger partial charge is 0.226 e. The molecule has 6 heteroatoms. The molecule has 2 aliphatic heterocycles. The molecule has 2 heterocycles. The highest BCUT2D eigenvalue weighted by molar-refractivity contribution is 5.92. The second-order valence-corrected chi connectivity index (χ2v) is 8.56. The number of nitrogens with one attached hydrogen (secondary N) is 1. The fourth-order valence-corrected chi connectivity index (χ4v) is 4.69. The van der Waals surface area contributed by atoms with E-state index >= 15 is 0 Å². The van der Waals surface area contributed by atoms with Gasteiger partial charge in [0, 0.05) is 50.7 Å². The Morgan fingerprint density at radius 1 is 1.06 bits per heavy atom. The molecule has 1 saturated heterocycles. The molecule has 1 N–H and O–H groups in total. The van der Waals surface area contributed by atoms with E-state index in [-0.39, 0.29) is 24.3 Å². The van der Waals surface area contributed by atoms with Crippen molar-refractivity contribution in [2.24, 2.45) is 0 Å². The van der Waals surface area contributed by atoms with E-state index in [1.165, 1.54) is 12.6 Å². The third-order valence-corrected chi connectivity index (χ3v) is 6.49. The van der Waals surface area contributed by atoms with E-state index in [1.54, 1.807) is 11.1 Å². The lowest BCUT2D eigenvalue weighted by Gasteiger charge is -2.36. The number of hydrogen-bond donors (Lipinski definition) is 1. The van der Waals surface area contributed by atoms with Gasteiger partial charge in [-0.25, -0.2) is 0 Å². The Balaban J connectivity index is 1.44. The Morgan fingerprint density at radius 2 is 1.81 bits per heavy atom. The summed E-state index contributed by atoms with van der Waals surface area (Å²) < 4.78 is 0. The summed E-state index contributed by atoms with van der Waals surface area (Å²) >= 11 is 0. The maximum atomic E-state index is 12.9. The van der Waals surface area contributed by atoms with E-state index < -0.39 is 0 Å². The fourth-order valence-electron chi connectivity index (χ4n) is 4.69. The number of amides is 2. The molecular formula is C26H32N4O2. The average molecular weight is 433 g/mol. The number of aryl methyl sites for hydroxylation is 1. The third-order valence-electron chi connectivity index (χ3n) is 6.49. The molecule has 32 heavy (non-hydrogen) atoms. The molecular weight excluding hydrogens is 400 g/mol. The van der Waals surface area contributed by atoms with Crippen LogP contribution in [-0.2, 0) is 9.59 Å². The first-order valence-corrected chi connectivity index (χ1v) is 11.4. The van der Waals surface area contributed by atoms with Crippen LogP contribution in [0.1, 0.15) is 43.0 Å². The second kappa shape index (κ2) is 9.57. The number of anilines is 2. The summed E-state index contributed by atoms with van der Waals surface area (Å²) in [5.74, 6) is -0.174. The van der Waals surface area contributed by atoms with Gasteiger partial charge >= 0.3 is 0 Å². The summed E-state index contributed by atoms with van der Waals surface area (Å²) in [7, 11) is 0. The van der Waals surface area contributed by atoms with Crippen molar-refractivity contribution in [3.8, 4) is 0 Å². The Morgan fingerprint density at radius 3 is 2.50 bits per heavy atom. The predicted octanol–water partition coefficient (Wildman–Crippen LogP) is 4.04. The summed E-state index contributed by atoms with van der Waals surface area (Å²) in [5.41, 5.74) is 5.22. The normalized spacial score (nSPS) is 18.4. The maximum Gasteiger partial charge on any atom is 0.226 e. The summed E-state index contributed by atoms with van der Waals surface area (Å²) in [5, 5.41) is 3.04. The molecule has 0 aromatic heterocycles. The SMILES string of the molecule is CCN1CCN(c2ccc(NC(=O)C[C@@H]3c4ccccc4C=CN3C(C)=O)cc2C)CC1. The minimum absolute atomic E-state index is 0.0723. The van der Waals surface area contributed by atoms with Gasteiger partial charge in [0.2, 0.25) is 11.8 Å². The van der Waals surface area contributed by atoms with Crippen LogP contribution in [0.25, 0.3) is 6.08 Å². The first-order chi connectivity index (χ1) is 15.5. The van der Waals surface area contributed by atoms with Gasteiger partial charge in [-0.3, -0.25) is 9.59 Å². The lowest BCUT2D eigenvalue weighted by atomic mass is 9.93. The fraction of sp³-hybridized carbons (Fsp3) is 0.385. The Hall–Kier alpha value is -3.12. The summed E-state index contributed by atoms with van der Waals surface area (Å²) in [6.45, 7) is 11.1. The number of carbonyl (C=O) groups is 2. The molecule has 4 rings (SSSR count). The lowest BCUT2D eigenvalue weighted by molar-refractivity contribution is -0.129. The van der Waals surface area contributed by atoms with E-state index in [0.717, 1.165) is 55.1 Å². The molecule has 0 spiro atoms. The molecule has 0 aliphatic carbocycles. The van der Waals surface area contributed by atoms with Crippen molar-refractivity contribution >= 4 is 29.3 Å². The van der Waals surface area contributed by atoms with E-state index in [0.29, 0.717) is 0 Å². The van der Waals surface area contributed by atoms with Crippen LogP contribution in [0.15, 0.2) is 48.7 Å². The van der Waals surface area contributed by atoms with Crippen molar-refractivity contribution < 1.29 is 9.59 Å². The molecule has 2 aliphatic rings. The van der Waals surface area contributed by atoms with Gasteiger partial charge in [-0.05, 0) is 54.4 Å². The largest absolute Gasteiger partial charge is 0.369 e. The van der Waals surface area contributed by atoms with Crippen molar-refractivity contribution in [3.05, 3.63) is 65.4 Å². The van der Waals surface area contributed by atoms with Crippen molar-refractivity contribution in [1.29, 1.82) is 0 Å². The Labute approximate surface area is 190 Å². The van der Waals surface area contributed by atoms with Gasteiger partial charge in [0.05, 0.1) is 12.5 Å². The topological polar surface area (TPSA) is 55.9 Å². The molecule has 0 bridgehead atoms. The van der Waals surface area contributed by atoms with E-state index in [2.05, 4.69) is 35.0 Å². The number of benzene rings is 2. The number of fused-ring (bicyclic) bond motifs is 1. The van der Waals surface area contributed by atoms with Crippen LogP contribution in [0.5, 0.6) is 0 Å². The molecule has 6 nitrogen and oxygen atoms in total. The molecule has 0 radical (unpaired) electrons. The number of piperazine rings is 1. The van der Waals surface area contributed by atoms with E-state index in [4.69, 9.17) is 0 Å². The molecule has 1 fully saturated rings. The Bertz CT molecular complexity index is 1020. The summed E-state index contributed by atoms with van der Waals surface area (Å²) in [6.07, 6.45) is 3.91. The van der Waals surface area contributed by atoms with Crippen LogP contribution in [0.3, 0.4) is 0 Å². The molecule has 1 atom stereocenters. The second-order valence-electron chi connectivity index (χ2n) is 8.56. The van der Waals surface area contributed by atoms with Gasteiger partial charge in [0.15, 0.2) is 0 Å². The van der Waals surface area contributed by atoms with Crippen LogP contribution < -0.4 is 10.2 Å². The third kappa shape index (κ3) is 4.70. The minimum atomic E-state index is -0.302. The highest BCUT2D eigenvalue weighted by Gasteiger charge is 2.28. The monoisotopic (exact) mass is 432 g/mol. The highest BCUT2D eigenvalue weighted by atomic mass is 16.2. The van der Waals surface area contributed by atoms with Crippen LogP contribution in [0.2, 0.25) is 0 Å².